The molecule has 6 heteroatoms. The number of hydrogen-bond acceptors (Lipinski definition) is 5. The third-order valence-electron chi connectivity index (χ3n) is 4.75. The van der Waals surface area contributed by atoms with Crippen molar-refractivity contribution in [3.05, 3.63) is 30.0 Å². The molecule has 0 amide bonds. The summed E-state index contributed by atoms with van der Waals surface area (Å²) >= 11 is 0. The van der Waals surface area contributed by atoms with E-state index in [1.807, 2.05) is 0 Å². The summed E-state index contributed by atoms with van der Waals surface area (Å²) in [6.45, 7) is 2.01. The maximum Gasteiger partial charge on any atom is 0.232 e. The second-order valence-electron chi connectivity index (χ2n) is 6.26. The van der Waals surface area contributed by atoms with Gasteiger partial charge in [-0.2, -0.15) is 4.98 Å². The Morgan fingerprint density at radius 1 is 1.14 bits per heavy atom. The molecule has 0 spiro atoms. The highest BCUT2D eigenvalue weighted by Crippen LogP contribution is 2.33. The van der Waals surface area contributed by atoms with E-state index in [-0.39, 0.29) is 5.82 Å². The van der Waals surface area contributed by atoms with E-state index in [9.17, 15) is 4.39 Å². The van der Waals surface area contributed by atoms with Gasteiger partial charge < -0.3 is 4.52 Å². The van der Waals surface area contributed by atoms with Gasteiger partial charge in [0.2, 0.25) is 11.7 Å². The summed E-state index contributed by atoms with van der Waals surface area (Å²) < 4.78 is 18.3. The number of likely N-dealkylation sites (tertiary alicyclic amines) is 1. The minimum atomic E-state index is -0.366. The fraction of sp³-hybridized carbons (Fsp3) is 0.562. The first-order valence-electron chi connectivity index (χ1n) is 7.99. The van der Waals surface area contributed by atoms with Gasteiger partial charge in [-0.25, -0.2) is 9.37 Å². The first kappa shape index (κ1) is 13.8. The second kappa shape index (κ2) is 5.76. The van der Waals surface area contributed by atoms with Gasteiger partial charge in [-0.1, -0.05) is 24.4 Å². The Morgan fingerprint density at radius 3 is 2.68 bits per heavy atom. The molecule has 1 aliphatic heterocycles. The van der Waals surface area contributed by atoms with Crippen LogP contribution >= 0.6 is 0 Å². The quantitative estimate of drug-likeness (QED) is 0.872. The topological polar surface area (TPSA) is 55.1 Å². The molecule has 5 nitrogen and oxygen atoms in total. The van der Waals surface area contributed by atoms with Gasteiger partial charge in [-0.15, -0.1) is 0 Å². The fourth-order valence-corrected chi connectivity index (χ4v) is 3.43. The lowest BCUT2D eigenvalue weighted by molar-refractivity contribution is 0.0563. The predicted molar refractivity (Wildman–Crippen MR) is 78.7 cm³/mol. The number of rotatable bonds is 3. The molecule has 0 aromatic carbocycles. The lowest BCUT2D eigenvalue weighted by atomic mass is 9.89. The average Bonchev–Trinajstić information content (AvgIpc) is 2.97. The molecule has 22 heavy (non-hydrogen) atoms. The van der Waals surface area contributed by atoms with Gasteiger partial charge >= 0.3 is 0 Å². The van der Waals surface area contributed by atoms with E-state index in [1.165, 1.54) is 44.4 Å². The molecule has 2 fully saturated rings. The summed E-state index contributed by atoms with van der Waals surface area (Å²) in [6, 6.07) is 3.66. The second-order valence-corrected chi connectivity index (χ2v) is 6.26. The van der Waals surface area contributed by atoms with Crippen LogP contribution in [-0.4, -0.2) is 39.2 Å². The third kappa shape index (κ3) is 2.63. The van der Waals surface area contributed by atoms with Gasteiger partial charge in [-0.3, -0.25) is 4.90 Å². The van der Waals surface area contributed by atoms with Crippen LogP contribution in [0, 0.1) is 5.82 Å². The Kier molecular flexibility index (Phi) is 3.62. The summed E-state index contributed by atoms with van der Waals surface area (Å²) in [5.74, 6) is 1.07. The van der Waals surface area contributed by atoms with Crippen molar-refractivity contribution in [3.63, 3.8) is 0 Å². The highest BCUT2D eigenvalue weighted by molar-refractivity contribution is 5.47. The molecule has 4 rings (SSSR count). The molecule has 116 valence electrons. The SMILES string of the molecule is Fc1ccc(-c2noc(C3CN(C4CCCCC4)C3)n2)nc1. The van der Waals surface area contributed by atoms with Crippen LogP contribution in [0.3, 0.4) is 0 Å². The van der Waals surface area contributed by atoms with Gasteiger partial charge in [0.1, 0.15) is 11.5 Å². The molecule has 0 N–H and O–H groups in total. The summed E-state index contributed by atoms with van der Waals surface area (Å²) in [5.41, 5.74) is 0.542. The standard InChI is InChI=1S/C16H19FN4O/c17-12-6-7-14(18-8-12)15-19-16(22-20-15)11-9-21(10-11)13-4-2-1-3-5-13/h6-8,11,13H,1-5,9-10H2. The van der Waals surface area contributed by atoms with Crippen molar-refractivity contribution in [1.29, 1.82) is 0 Å². The molecule has 2 aliphatic rings. The molecule has 2 aromatic rings. The zero-order chi connectivity index (χ0) is 14.9. The molecule has 2 aromatic heterocycles. The van der Waals surface area contributed by atoms with Crippen molar-refractivity contribution in [1.82, 2.24) is 20.0 Å². The number of nitrogens with zero attached hydrogens (tertiary/aromatic N) is 4. The van der Waals surface area contributed by atoms with Gasteiger partial charge in [0, 0.05) is 19.1 Å². The molecule has 0 bridgehead atoms. The molecule has 0 atom stereocenters. The predicted octanol–water partition coefficient (Wildman–Crippen LogP) is 3.00. The van der Waals surface area contributed by atoms with E-state index >= 15 is 0 Å². The Morgan fingerprint density at radius 2 is 1.95 bits per heavy atom. The number of hydrogen-bond donors (Lipinski definition) is 0. The Hall–Kier alpha value is -1.82. The van der Waals surface area contributed by atoms with Gasteiger partial charge in [0.25, 0.3) is 0 Å². The van der Waals surface area contributed by atoms with Crippen LogP contribution in [0.4, 0.5) is 4.39 Å². The number of aromatic nitrogens is 3. The van der Waals surface area contributed by atoms with Crippen molar-refractivity contribution in [2.75, 3.05) is 13.1 Å². The Labute approximate surface area is 128 Å². The molecular weight excluding hydrogens is 283 g/mol. The van der Waals surface area contributed by atoms with Crippen LogP contribution in [0.2, 0.25) is 0 Å². The Balaban J connectivity index is 1.39. The molecular formula is C16H19FN4O. The molecule has 1 saturated carbocycles. The van der Waals surface area contributed by atoms with Crippen LogP contribution in [0.5, 0.6) is 0 Å². The summed E-state index contributed by atoms with van der Waals surface area (Å²) in [5, 5.41) is 3.97. The van der Waals surface area contributed by atoms with Crippen molar-refractivity contribution >= 4 is 0 Å². The largest absolute Gasteiger partial charge is 0.339 e. The van der Waals surface area contributed by atoms with E-state index in [1.54, 1.807) is 6.07 Å². The summed E-state index contributed by atoms with van der Waals surface area (Å²) in [6.07, 6.45) is 7.90. The van der Waals surface area contributed by atoms with Gasteiger partial charge in [0.05, 0.1) is 12.1 Å². The zero-order valence-electron chi connectivity index (χ0n) is 12.4. The Bertz CT molecular complexity index is 630. The normalized spacial score (nSPS) is 21.0. The maximum absolute atomic E-state index is 12.9. The van der Waals surface area contributed by atoms with Crippen molar-refractivity contribution in [2.45, 2.75) is 44.1 Å². The summed E-state index contributed by atoms with van der Waals surface area (Å²) in [4.78, 5) is 10.9. The van der Waals surface area contributed by atoms with Crippen molar-refractivity contribution in [2.24, 2.45) is 0 Å². The van der Waals surface area contributed by atoms with Crippen LogP contribution in [0.25, 0.3) is 11.5 Å². The van der Waals surface area contributed by atoms with Crippen LogP contribution in [0.15, 0.2) is 22.9 Å². The lowest BCUT2D eigenvalue weighted by Crippen LogP contribution is -2.51. The molecule has 1 aliphatic carbocycles. The zero-order valence-corrected chi connectivity index (χ0v) is 12.4. The lowest BCUT2D eigenvalue weighted by Gasteiger charge is -2.44. The van der Waals surface area contributed by atoms with E-state index in [2.05, 4.69) is 20.0 Å². The summed E-state index contributed by atoms with van der Waals surface area (Å²) in [7, 11) is 0. The van der Waals surface area contributed by atoms with Crippen LogP contribution in [-0.2, 0) is 0 Å². The molecule has 0 unspecified atom stereocenters. The molecule has 1 saturated heterocycles. The maximum atomic E-state index is 12.9. The van der Waals surface area contributed by atoms with Gasteiger partial charge in [-0.05, 0) is 25.0 Å². The molecule has 3 heterocycles. The first-order chi connectivity index (χ1) is 10.8. The monoisotopic (exact) mass is 302 g/mol. The van der Waals surface area contributed by atoms with E-state index < -0.39 is 0 Å². The first-order valence-corrected chi connectivity index (χ1v) is 7.99. The van der Waals surface area contributed by atoms with Crippen LogP contribution < -0.4 is 0 Å². The van der Waals surface area contributed by atoms with E-state index in [0.717, 1.165) is 19.1 Å². The average molecular weight is 302 g/mol. The van der Waals surface area contributed by atoms with Crippen LogP contribution in [0.1, 0.15) is 43.9 Å². The minimum absolute atomic E-state index is 0.323. The highest BCUT2D eigenvalue weighted by Gasteiger charge is 2.36. The fourth-order valence-electron chi connectivity index (χ4n) is 3.43. The number of pyridine rings is 1. The van der Waals surface area contributed by atoms with Gasteiger partial charge in [0.15, 0.2) is 0 Å². The van der Waals surface area contributed by atoms with Crippen molar-refractivity contribution in [3.8, 4) is 11.5 Å². The smallest absolute Gasteiger partial charge is 0.232 e. The minimum Gasteiger partial charge on any atom is -0.339 e. The third-order valence-corrected chi connectivity index (χ3v) is 4.75. The molecule has 0 radical (unpaired) electrons. The van der Waals surface area contributed by atoms with E-state index in [0.29, 0.717) is 23.3 Å². The highest BCUT2D eigenvalue weighted by atomic mass is 19.1. The van der Waals surface area contributed by atoms with E-state index in [4.69, 9.17) is 4.52 Å². The number of halogens is 1. The van der Waals surface area contributed by atoms with Crippen molar-refractivity contribution < 1.29 is 8.91 Å².